The molecule has 0 aromatic heterocycles. The van der Waals surface area contributed by atoms with E-state index in [1.165, 1.54) is 30.3 Å². The fourth-order valence-electron chi connectivity index (χ4n) is 3.30. The van der Waals surface area contributed by atoms with Gasteiger partial charge in [0, 0.05) is 43.5 Å². The number of ether oxygens (including phenoxy) is 2. The summed E-state index contributed by atoms with van der Waals surface area (Å²) in [4.78, 5) is 28.5. The first-order chi connectivity index (χ1) is 15.0. The first-order valence-corrected chi connectivity index (χ1v) is 9.95. The molecule has 0 radical (unpaired) electrons. The van der Waals surface area contributed by atoms with Crippen molar-refractivity contribution in [3.05, 3.63) is 59.9 Å². The zero-order valence-electron chi connectivity index (χ0n) is 17.6. The van der Waals surface area contributed by atoms with Crippen molar-refractivity contribution in [3.8, 4) is 11.5 Å². The second-order valence-corrected chi connectivity index (χ2v) is 7.10. The molecule has 0 saturated carbocycles. The number of rotatable bonds is 7. The Balaban J connectivity index is 1.49. The van der Waals surface area contributed by atoms with Crippen molar-refractivity contribution in [1.29, 1.82) is 0 Å². The molecule has 0 aliphatic carbocycles. The summed E-state index contributed by atoms with van der Waals surface area (Å²) < 4.78 is 23.5. The molecular weight excluding hydrogens is 401 g/mol. The summed E-state index contributed by atoms with van der Waals surface area (Å²) in [6.45, 7) is 2.47. The third-order valence-electron chi connectivity index (χ3n) is 5.02. The minimum absolute atomic E-state index is 0.0970. The van der Waals surface area contributed by atoms with E-state index in [9.17, 15) is 14.0 Å². The highest BCUT2D eigenvalue weighted by molar-refractivity contribution is 5.93. The van der Waals surface area contributed by atoms with Crippen LogP contribution in [0.4, 0.5) is 10.1 Å². The molecule has 2 aromatic rings. The first kappa shape index (κ1) is 22.3. The molecule has 0 unspecified atom stereocenters. The average Bonchev–Trinajstić information content (AvgIpc) is 2.79. The summed E-state index contributed by atoms with van der Waals surface area (Å²) in [5.41, 5.74) is 1.31. The summed E-state index contributed by atoms with van der Waals surface area (Å²) in [6.07, 6.45) is 3.24. The smallest absolute Gasteiger partial charge is 0.246 e. The second-order valence-electron chi connectivity index (χ2n) is 7.10. The van der Waals surface area contributed by atoms with E-state index in [2.05, 4.69) is 5.32 Å². The van der Waals surface area contributed by atoms with Crippen molar-refractivity contribution in [1.82, 2.24) is 9.80 Å². The van der Waals surface area contributed by atoms with Gasteiger partial charge in [-0.3, -0.25) is 14.5 Å². The normalized spacial score (nSPS) is 14.5. The molecule has 2 amide bonds. The van der Waals surface area contributed by atoms with E-state index in [-0.39, 0.29) is 24.2 Å². The molecule has 7 nitrogen and oxygen atoms in total. The standard InChI is InChI=1S/C23H26FN3O4/c1-30-20-8-9-21(31-2)17(15-20)3-10-23(29)27-13-11-26(12-14-27)16-22(28)25-19-6-4-18(24)5-7-19/h3-10,15H,11-14,16H2,1-2H3,(H,25,28)/b10-3+. The number of nitrogens with zero attached hydrogens (tertiary/aromatic N) is 2. The maximum absolute atomic E-state index is 13.0. The van der Waals surface area contributed by atoms with Gasteiger partial charge < -0.3 is 19.7 Å². The predicted molar refractivity (Wildman–Crippen MR) is 117 cm³/mol. The van der Waals surface area contributed by atoms with Crippen molar-refractivity contribution in [2.24, 2.45) is 0 Å². The number of methoxy groups -OCH3 is 2. The molecule has 1 aliphatic heterocycles. The van der Waals surface area contributed by atoms with Gasteiger partial charge in [-0.2, -0.15) is 0 Å². The Morgan fingerprint density at radius 3 is 2.39 bits per heavy atom. The number of hydrogen-bond acceptors (Lipinski definition) is 5. The van der Waals surface area contributed by atoms with E-state index in [0.29, 0.717) is 43.4 Å². The Hall–Kier alpha value is -3.39. The van der Waals surface area contributed by atoms with Gasteiger partial charge in [0.1, 0.15) is 17.3 Å². The number of carbonyl (C=O) groups is 2. The van der Waals surface area contributed by atoms with Crippen LogP contribution in [0.3, 0.4) is 0 Å². The molecule has 0 atom stereocenters. The summed E-state index contributed by atoms with van der Waals surface area (Å²) in [5, 5.41) is 2.75. The molecule has 1 N–H and O–H groups in total. The Morgan fingerprint density at radius 2 is 1.74 bits per heavy atom. The van der Waals surface area contributed by atoms with Crippen LogP contribution in [-0.2, 0) is 9.59 Å². The van der Waals surface area contributed by atoms with Gasteiger partial charge in [-0.15, -0.1) is 0 Å². The van der Waals surface area contributed by atoms with Crippen LogP contribution in [0.5, 0.6) is 11.5 Å². The molecule has 0 spiro atoms. The zero-order chi connectivity index (χ0) is 22.2. The van der Waals surface area contributed by atoms with E-state index in [1.807, 2.05) is 4.90 Å². The number of benzene rings is 2. The molecule has 8 heteroatoms. The number of amides is 2. The highest BCUT2D eigenvalue weighted by Crippen LogP contribution is 2.25. The van der Waals surface area contributed by atoms with E-state index in [0.717, 1.165) is 5.56 Å². The number of piperazine rings is 1. The lowest BCUT2D eigenvalue weighted by Gasteiger charge is -2.33. The van der Waals surface area contributed by atoms with Gasteiger partial charge in [0.25, 0.3) is 0 Å². The third kappa shape index (κ3) is 6.29. The maximum Gasteiger partial charge on any atom is 0.246 e. The minimum Gasteiger partial charge on any atom is -0.497 e. The molecule has 1 heterocycles. The van der Waals surface area contributed by atoms with Crippen LogP contribution in [-0.4, -0.2) is 68.6 Å². The van der Waals surface area contributed by atoms with Crippen molar-refractivity contribution in [2.45, 2.75) is 0 Å². The Labute approximate surface area is 181 Å². The lowest BCUT2D eigenvalue weighted by atomic mass is 10.1. The molecule has 2 aromatic carbocycles. The van der Waals surface area contributed by atoms with Gasteiger partial charge in [0.05, 0.1) is 20.8 Å². The van der Waals surface area contributed by atoms with Crippen molar-refractivity contribution < 1.29 is 23.5 Å². The topological polar surface area (TPSA) is 71.1 Å². The summed E-state index contributed by atoms with van der Waals surface area (Å²) in [6, 6.07) is 11.0. The highest BCUT2D eigenvalue weighted by Gasteiger charge is 2.21. The third-order valence-corrected chi connectivity index (χ3v) is 5.02. The van der Waals surface area contributed by atoms with Crippen LogP contribution in [0.2, 0.25) is 0 Å². The zero-order valence-corrected chi connectivity index (χ0v) is 17.6. The molecule has 164 valence electrons. The molecule has 0 bridgehead atoms. The fraction of sp³-hybridized carbons (Fsp3) is 0.304. The van der Waals surface area contributed by atoms with Gasteiger partial charge >= 0.3 is 0 Å². The predicted octanol–water partition coefficient (Wildman–Crippen LogP) is 2.64. The Morgan fingerprint density at radius 1 is 1.03 bits per heavy atom. The Kier molecular flexibility index (Phi) is 7.61. The van der Waals surface area contributed by atoms with Crippen LogP contribution in [0.25, 0.3) is 6.08 Å². The number of halogens is 1. The SMILES string of the molecule is COc1ccc(OC)c(/C=C/C(=O)N2CCN(CC(=O)Nc3ccc(F)cc3)CC2)c1. The van der Waals surface area contributed by atoms with Crippen molar-refractivity contribution >= 4 is 23.6 Å². The Bertz CT molecular complexity index is 938. The van der Waals surface area contributed by atoms with Gasteiger partial charge in [0.15, 0.2) is 0 Å². The number of nitrogens with one attached hydrogen (secondary N) is 1. The van der Waals surface area contributed by atoms with E-state index < -0.39 is 0 Å². The molecule has 1 aliphatic rings. The summed E-state index contributed by atoms with van der Waals surface area (Å²) in [7, 11) is 3.16. The molecule has 31 heavy (non-hydrogen) atoms. The molecule has 3 rings (SSSR count). The van der Waals surface area contributed by atoms with Gasteiger partial charge in [-0.25, -0.2) is 4.39 Å². The van der Waals surface area contributed by atoms with Gasteiger partial charge in [-0.05, 0) is 48.5 Å². The molecule has 1 saturated heterocycles. The molecule has 1 fully saturated rings. The number of hydrogen-bond donors (Lipinski definition) is 1. The minimum atomic E-state index is -0.349. The monoisotopic (exact) mass is 427 g/mol. The van der Waals surface area contributed by atoms with Crippen LogP contribution < -0.4 is 14.8 Å². The lowest BCUT2D eigenvalue weighted by Crippen LogP contribution is -2.50. The van der Waals surface area contributed by atoms with E-state index in [1.54, 1.807) is 43.4 Å². The van der Waals surface area contributed by atoms with E-state index >= 15 is 0 Å². The van der Waals surface area contributed by atoms with Crippen LogP contribution >= 0.6 is 0 Å². The quantitative estimate of drug-likeness (QED) is 0.688. The summed E-state index contributed by atoms with van der Waals surface area (Å²) >= 11 is 0. The largest absolute Gasteiger partial charge is 0.497 e. The van der Waals surface area contributed by atoms with Crippen molar-refractivity contribution in [3.63, 3.8) is 0 Å². The lowest BCUT2D eigenvalue weighted by molar-refractivity contribution is -0.127. The maximum atomic E-state index is 13.0. The first-order valence-electron chi connectivity index (χ1n) is 9.95. The summed E-state index contributed by atoms with van der Waals surface area (Å²) in [5.74, 6) is 0.719. The number of carbonyl (C=O) groups excluding carboxylic acids is 2. The molecular formula is C23H26FN3O4. The van der Waals surface area contributed by atoms with Crippen LogP contribution in [0.15, 0.2) is 48.5 Å². The van der Waals surface area contributed by atoms with Crippen molar-refractivity contribution in [2.75, 3.05) is 52.3 Å². The number of anilines is 1. The van der Waals surface area contributed by atoms with Crippen LogP contribution in [0, 0.1) is 5.82 Å². The van der Waals surface area contributed by atoms with E-state index in [4.69, 9.17) is 9.47 Å². The highest BCUT2D eigenvalue weighted by atomic mass is 19.1. The fourth-order valence-corrected chi connectivity index (χ4v) is 3.30. The van der Waals surface area contributed by atoms with Gasteiger partial charge in [0.2, 0.25) is 11.8 Å². The van der Waals surface area contributed by atoms with Crippen LogP contribution in [0.1, 0.15) is 5.56 Å². The second kappa shape index (κ2) is 10.6. The van der Waals surface area contributed by atoms with Gasteiger partial charge in [-0.1, -0.05) is 0 Å². The average molecular weight is 427 g/mol.